The van der Waals surface area contributed by atoms with Crippen LogP contribution < -0.4 is 9.47 Å². The van der Waals surface area contributed by atoms with Crippen LogP contribution >= 0.6 is 11.6 Å². The molecule has 0 amide bonds. The summed E-state index contributed by atoms with van der Waals surface area (Å²) in [6.45, 7) is 3.32. The Bertz CT molecular complexity index is 968. The second-order valence-electron chi connectivity index (χ2n) is 6.76. The van der Waals surface area contributed by atoms with Gasteiger partial charge in [0.1, 0.15) is 0 Å². The van der Waals surface area contributed by atoms with E-state index in [4.69, 9.17) is 21.1 Å². The van der Waals surface area contributed by atoms with Crippen molar-refractivity contribution in [2.45, 2.75) is 6.54 Å². The highest BCUT2D eigenvalue weighted by molar-refractivity contribution is 7.92. The number of fused-ring (bicyclic) bond motifs is 1. The van der Waals surface area contributed by atoms with Gasteiger partial charge < -0.3 is 9.47 Å². The van der Waals surface area contributed by atoms with E-state index in [2.05, 4.69) is 4.90 Å². The van der Waals surface area contributed by atoms with Gasteiger partial charge in [0.2, 0.25) is 16.8 Å². The Kier molecular flexibility index (Phi) is 5.59. The molecule has 0 radical (unpaired) electrons. The molecule has 2 heterocycles. The maximum absolute atomic E-state index is 12.6. The molecule has 0 aromatic heterocycles. The highest BCUT2D eigenvalue weighted by atomic mass is 35.5. The number of nitrogens with zero attached hydrogens (tertiary/aromatic N) is 2. The van der Waals surface area contributed by atoms with Gasteiger partial charge >= 0.3 is 0 Å². The summed E-state index contributed by atoms with van der Waals surface area (Å²) in [6.07, 6.45) is 1.60. The standard InChI is InChI=1S/C20H21ClN2O4S/c21-18-4-1-16(2-5-18)7-12-28(24,25)23-10-8-22(9-11-23)14-17-3-6-19-20(13-17)27-15-26-19/h1-7,12-13H,8-11,14-15H2. The maximum atomic E-state index is 12.6. The van der Waals surface area contributed by atoms with Crippen molar-refractivity contribution < 1.29 is 17.9 Å². The van der Waals surface area contributed by atoms with Gasteiger partial charge in [0, 0.05) is 43.2 Å². The predicted octanol–water partition coefficient (Wildman–Crippen LogP) is 3.19. The average molecular weight is 421 g/mol. The number of hydrogen-bond acceptors (Lipinski definition) is 5. The molecule has 1 fully saturated rings. The summed E-state index contributed by atoms with van der Waals surface area (Å²) < 4.78 is 37.4. The first-order chi connectivity index (χ1) is 13.5. The first-order valence-electron chi connectivity index (χ1n) is 9.04. The van der Waals surface area contributed by atoms with Crippen LogP contribution in [0, 0.1) is 0 Å². The molecule has 8 heteroatoms. The minimum atomic E-state index is -3.44. The second-order valence-corrected chi connectivity index (χ2v) is 9.02. The molecule has 0 bridgehead atoms. The van der Waals surface area contributed by atoms with E-state index in [9.17, 15) is 8.42 Å². The number of halogens is 1. The quantitative estimate of drug-likeness (QED) is 0.743. The highest BCUT2D eigenvalue weighted by Gasteiger charge is 2.25. The van der Waals surface area contributed by atoms with Gasteiger partial charge in [-0.1, -0.05) is 29.8 Å². The summed E-state index contributed by atoms with van der Waals surface area (Å²) in [5.41, 5.74) is 1.93. The van der Waals surface area contributed by atoms with E-state index in [0.29, 0.717) is 31.2 Å². The van der Waals surface area contributed by atoms with Crippen LogP contribution in [0.3, 0.4) is 0 Å². The summed E-state index contributed by atoms with van der Waals surface area (Å²) in [4.78, 5) is 2.24. The van der Waals surface area contributed by atoms with Crippen molar-refractivity contribution in [2.75, 3.05) is 33.0 Å². The number of sulfonamides is 1. The molecule has 0 unspecified atom stereocenters. The topological polar surface area (TPSA) is 59.1 Å². The van der Waals surface area contributed by atoms with Crippen molar-refractivity contribution in [1.29, 1.82) is 0 Å². The summed E-state index contributed by atoms with van der Waals surface area (Å²) >= 11 is 5.85. The van der Waals surface area contributed by atoms with Crippen molar-refractivity contribution in [3.63, 3.8) is 0 Å². The normalized spacial score (nSPS) is 18.0. The van der Waals surface area contributed by atoms with E-state index >= 15 is 0 Å². The SMILES string of the molecule is O=S(=O)(C=Cc1ccc(Cl)cc1)N1CCN(Cc2ccc3c(c2)OCO3)CC1. The fraction of sp³-hybridized carbons (Fsp3) is 0.300. The molecule has 0 N–H and O–H groups in total. The molecule has 2 aliphatic heterocycles. The Labute approximate surface area is 170 Å². The first kappa shape index (κ1) is 19.3. The third-order valence-corrected chi connectivity index (χ3v) is 6.65. The fourth-order valence-corrected chi connectivity index (χ4v) is 4.56. The van der Waals surface area contributed by atoms with Crippen molar-refractivity contribution in [3.05, 3.63) is 64.0 Å². The first-order valence-corrected chi connectivity index (χ1v) is 10.9. The Morgan fingerprint density at radius 2 is 1.68 bits per heavy atom. The lowest BCUT2D eigenvalue weighted by Crippen LogP contribution is -2.47. The molecule has 148 valence electrons. The zero-order chi connectivity index (χ0) is 19.6. The van der Waals surface area contributed by atoms with E-state index < -0.39 is 10.0 Å². The van der Waals surface area contributed by atoms with Gasteiger partial charge in [0.15, 0.2) is 11.5 Å². The van der Waals surface area contributed by atoms with Gasteiger partial charge in [0.25, 0.3) is 0 Å². The van der Waals surface area contributed by atoms with Crippen LogP contribution in [-0.2, 0) is 16.6 Å². The van der Waals surface area contributed by atoms with Gasteiger partial charge in [-0.15, -0.1) is 0 Å². The van der Waals surface area contributed by atoms with Crippen LogP contribution in [0.4, 0.5) is 0 Å². The van der Waals surface area contributed by atoms with Gasteiger partial charge in [0.05, 0.1) is 0 Å². The van der Waals surface area contributed by atoms with Crippen LogP contribution in [0.25, 0.3) is 6.08 Å². The Morgan fingerprint density at radius 1 is 0.964 bits per heavy atom. The van der Waals surface area contributed by atoms with Crippen LogP contribution in [0.5, 0.6) is 11.5 Å². The molecule has 4 rings (SSSR count). The molecular formula is C20H21ClN2O4S. The van der Waals surface area contributed by atoms with Gasteiger partial charge in [-0.3, -0.25) is 4.90 Å². The minimum absolute atomic E-state index is 0.263. The van der Waals surface area contributed by atoms with E-state index in [1.54, 1.807) is 30.3 Å². The Morgan fingerprint density at radius 3 is 2.43 bits per heavy atom. The van der Waals surface area contributed by atoms with Crippen LogP contribution in [0.15, 0.2) is 47.9 Å². The Hall–Kier alpha value is -2.06. The zero-order valence-corrected chi connectivity index (χ0v) is 16.8. The van der Waals surface area contributed by atoms with Crippen LogP contribution in [0.2, 0.25) is 5.02 Å². The summed E-state index contributed by atoms with van der Waals surface area (Å²) in [5, 5.41) is 1.89. The highest BCUT2D eigenvalue weighted by Crippen LogP contribution is 2.32. The lowest BCUT2D eigenvalue weighted by molar-refractivity contribution is 0.173. The molecular weight excluding hydrogens is 400 g/mol. The monoisotopic (exact) mass is 420 g/mol. The van der Waals surface area contributed by atoms with Crippen LogP contribution in [0.1, 0.15) is 11.1 Å². The molecule has 0 aliphatic carbocycles. The molecule has 2 aromatic carbocycles. The summed E-state index contributed by atoms with van der Waals surface area (Å²) in [7, 11) is -3.44. The molecule has 0 atom stereocenters. The lowest BCUT2D eigenvalue weighted by atomic mass is 10.2. The number of piperazine rings is 1. The predicted molar refractivity (Wildman–Crippen MR) is 109 cm³/mol. The van der Waals surface area contributed by atoms with Gasteiger partial charge in [-0.2, -0.15) is 4.31 Å². The summed E-state index contributed by atoms with van der Waals surface area (Å²) in [6, 6.07) is 13.0. The number of hydrogen-bond donors (Lipinski definition) is 0. The third-order valence-electron chi connectivity index (χ3n) is 4.84. The molecule has 1 saturated heterocycles. The number of rotatable bonds is 5. The summed E-state index contributed by atoms with van der Waals surface area (Å²) in [5.74, 6) is 1.54. The van der Waals surface area contributed by atoms with Crippen molar-refractivity contribution in [1.82, 2.24) is 9.21 Å². The Balaban J connectivity index is 1.33. The third kappa shape index (κ3) is 4.50. The number of ether oxygens (including phenoxy) is 2. The van der Waals surface area contributed by atoms with Crippen molar-refractivity contribution in [3.8, 4) is 11.5 Å². The zero-order valence-electron chi connectivity index (χ0n) is 15.3. The smallest absolute Gasteiger partial charge is 0.236 e. The van der Waals surface area contributed by atoms with Crippen molar-refractivity contribution >= 4 is 27.7 Å². The maximum Gasteiger partial charge on any atom is 0.236 e. The van der Waals surface area contributed by atoms with Gasteiger partial charge in [-0.25, -0.2) is 8.42 Å². The minimum Gasteiger partial charge on any atom is -0.454 e. The molecule has 6 nitrogen and oxygen atoms in total. The van der Waals surface area contributed by atoms with E-state index in [-0.39, 0.29) is 6.79 Å². The molecule has 2 aliphatic rings. The second kappa shape index (κ2) is 8.13. The number of benzene rings is 2. The fourth-order valence-electron chi connectivity index (χ4n) is 3.26. The van der Waals surface area contributed by atoms with Crippen LogP contribution in [-0.4, -0.2) is 50.6 Å². The lowest BCUT2D eigenvalue weighted by Gasteiger charge is -2.33. The average Bonchev–Trinajstić information content (AvgIpc) is 3.16. The molecule has 0 spiro atoms. The van der Waals surface area contributed by atoms with E-state index in [1.165, 1.54) is 9.71 Å². The van der Waals surface area contributed by atoms with Gasteiger partial charge in [-0.05, 0) is 41.5 Å². The van der Waals surface area contributed by atoms with Crippen molar-refractivity contribution in [2.24, 2.45) is 0 Å². The molecule has 2 aromatic rings. The van der Waals surface area contributed by atoms with E-state index in [1.807, 2.05) is 18.2 Å². The largest absolute Gasteiger partial charge is 0.454 e. The van der Waals surface area contributed by atoms with E-state index in [0.717, 1.165) is 29.2 Å². The molecule has 28 heavy (non-hydrogen) atoms. The molecule has 0 saturated carbocycles.